The summed E-state index contributed by atoms with van der Waals surface area (Å²) in [6, 6.07) is 12.1. The van der Waals surface area contributed by atoms with Crippen molar-refractivity contribution in [3.05, 3.63) is 42.6 Å². The first kappa shape index (κ1) is 17.0. The summed E-state index contributed by atoms with van der Waals surface area (Å²) in [5.74, 6) is 1.20. The Morgan fingerprint density at radius 1 is 1.08 bits per heavy atom. The zero-order chi connectivity index (χ0) is 17.8. The van der Waals surface area contributed by atoms with Gasteiger partial charge in [0.25, 0.3) is 0 Å². The van der Waals surface area contributed by atoms with Crippen molar-refractivity contribution in [3.8, 4) is 11.3 Å². The second kappa shape index (κ2) is 7.83. The fourth-order valence-electron chi connectivity index (χ4n) is 3.72. The molecule has 2 aliphatic rings. The molecular formula is C20H25N5O. The Labute approximate surface area is 154 Å². The van der Waals surface area contributed by atoms with Crippen molar-refractivity contribution in [2.45, 2.75) is 12.8 Å². The van der Waals surface area contributed by atoms with Gasteiger partial charge in [-0.2, -0.15) is 0 Å². The van der Waals surface area contributed by atoms with Crippen molar-refractivity contribution >= 4 is 11.9 Å². The Morgan fingerprint density at radius 2 is 1.88 bits per heavy atom. The lowest BCUT2D eigenvalue weighted by Gasteiger charge is -2.37. The Kier molecular flexibility index (Phi) is 5.11. The predicted molar refractivity (Wildman–Crippen MR) is 102 cm³/mol. The number of benzene rings is 1. The van der Waals surface area contributed by atoms with Crippen molar-refractivity contribution in [2.24, 2.45) is 5.92 Å². The van der Waals surface area contributed by atoms with Crippen LogP contribution in [0, 0.1) is 5.92 Å². The third kappa shape index (κ3) is 3.70. The Hall–Kier alpha value is -2.47. The number of piperazine rings is 1. The van der Waals surface area contributed by atoms with Crippen molar-refractivity contribution < 1.29 is 4.79 Å². The molecule has 6 heteroatoms. The molecule has 1 aromatic heterocycles. The molecule has 136 valence electrons. The van der Waals surface area contributed by atoms with Gasteiger partial charge in [0.05, 0.1) is 11.6 Å². The average Bonchev–Trinajstić information content (AvgIpc) is 2.75. The van der Waals surface area contributed by atoms with Crippen molar-refractivity contribution in [1.82, 2.24) is 20.2 Å². The SMILES string of the molecule is O=C([C@H]1CCCNC1)N1CCN(c2nccc(-c3ccccc3)n2)CC1. The monoisotopic (exact) mass is 351 g/mol. The van der Waals surface area contributed by atoms with Gasteiger partial charge in [-0.3, -0.25) is 4.79 Å². The molecule has 4 rings (SSSR count). The third-order valence-corrected chi connectivity index (χ3v) is 5.23. The van der Waals surface area contributed by atoms with E-state index in [0.29, 0.717) is 5.91 Å². The molecule has 0 saturated carbocycles. The first-order chi connectivity index (χ1) is 12.8. The van der Waals surface area contributed by atoms with E-state index >= 15 is 0 Å². The highest BCUT2D eigenvalue weighted by atomic mass is 16.2. The van der Waals surface area contributed by atoms with E-state index in [-0.39, 0.29) is 5.92 Å². The van der Waals surface area contributed by atoms with Crippen LogP contribution < -0.4 is 10.2 Å². The van der Waals surface area contributed by atoms with Gasteiger partial charge in [-0.1, -0.05) is 30.3 Å². The van der Waals surface area contributed by atoms with Crippen LogP contribution in [0.15, 0.2) is 42.6 Å². The number of piperidine rings is 1. The number of nitrogens with zero attached hydrogens (tertiary/aromatic N) is 4. The van der Waals surface area contributed by atoms with Gasteiger partial charge in [0.2, 0.25) is 11.9 Å². The van der Waals surface area contributed by atoms with E-state index in [4.69, 9.17) is 4.98 Å². The highest BCUT2D eigenvalue weighted by molar-refractivity contribution is 5.79. The lowest BCUT2D eigenvalue weighted by molar-refractivity contribution is -0.136. The minimum absolute atomic E-state index is 0.146. The molecule has 1 amide bonds. The van der Waals surface area contributed by atoms with E-state index in [0.717, 1.165) is 69.3 Å². The van der Waals surface area contributed by atoms with Crippen LogP contribution in [-0.2, 0) is 4.79 Å². The minimum Gasteiger partial charge on any atom is -0.339 e. The van der Waals surface area contributed by atoms with E-state index in [1.807, 2.05) is 35.4 Å². The maximum atomic E-state index is 12.7. The van der Waals surface area contributed by atoms with Gasteiger partial charge in [-0.25, -0.2) is 9.97 Å². The molecule has 2 saturated heterocycles. The summed E-state index contributed by atoms with van der Waals surface area (Å²) in [7, 11) is 0. The van der Waals surface area contributed by atoms with Gasteiger partial charge in [0.15, 0.2) is 0 Å². The van der Waals surface area contributed by atoms with Gasteiger partial charge in [-0.05, 0) is 25.5 Å². The number of rotatable bonds is 3. The summed E-state index contributed by atoms with van der Waals surface area (Å²) in [4.78, 5) is 26.0. The maximum absolute atomic E-state index is 12.7. The second-order valence-electron chi connectivity index (χ2n) is 6.96. The molecule has 0 radical (unpaired) electrons. The van der Waals surface area contributed by atoms with E-state index in [9.17, 15) is 4.79 Å². The molecule has 2 aliphatic heterocycles. The smallest absolute Gasteiger partial charge is 0.227 e. The zero-order valence-corrected chi connectivity index (χ0v) is 15.0. The number of aromatic nitrogens is 2. The molecule has 3 heterocycles. The number of nitrogens with one attached hydrogen (secondary N) is 1. The summed E-state index contributed by atoms with van der Waals surface area (Å²) in [5, 5.41) is 3.33. The van der Waals surface area contributed by atoms with Gasteiger partial charge in [-0.15, -0.1) is 0 Å². The molecule has 1 aromatic carbocycles. The van der Waals surface area contributed by atoms with Crippen LogP contribution in [0.1, 0.15) is 12.8 Å². The lowest BCUT2D eigenvalue weighted by Crippen LogP contribution is -2.52. The third-order valence-electron chi connectivity index (χ3n) is 5.23. The number of hydrogen-bond acceptors (Lipinski definition) is 5. The summed E-state index contributed by atoms with van der Waals surface area (Å²) < 4.78 is 0. The Bertz CT molecular complexity index is 737. The topological polar surface area (TPSA) is 61.4 Å². The van der Waals surface area contributed by atoms with Crippen molar-refractivity contribution in [1.29, 1.82) is 0 Å². The first-order valence-electron chi connectivity index (χ1n) is 9.44. The van der Waals surface area contributed by atoms with Gasteiger partial charge >= 0.3 is 0 Å². The molecule has 2 fully saturated rings. The Morgan fingerprint density at radius 3 is 2.62 bits per heavy atom. The highest BCUT2D eigenvalue weighted by Crippen LogP contribution is 2.20. The number of hydrogen-bond donors (Lipinski definition) is 1. The maximum Gasteiger partial charge on any atom is 0.227 e. The largest absolute Gasteiger partial charge is 0.339 e. The van der Waals surface area contributed by atoms with Gasteiger partial charge in [0, 0.05) is 44.5 Å². The average molecular weight is 351 g/mol. The summed E-state index contributed by atoms with van der Waals surface area (Å²) in [6.07, 6.45) is 3.92. The molecule has 1 atom stereocenters. The van der Waals surface area contributed by atoms with Crippen LogP contribution in [0.5, 0.6) is 0 Å². The first-order valence-corrected chi connectivity index (χ1v) is 9.44. The second-order valence-corrected chi connectivity index (χ2v) is 6.96. The molecule has 0 bridgehead atoms. The molecule has 0 aliphatic carbocycles. The van der Waals surface area contributed by atoms with E-state index < -0.39 is 0 Å². The summed E-state index contributed by atoms with van der Waals surface area (Å²) in [6.45, 7) is 4.91. The fourth-order valence-corrected chi connectivity index (χ4v) is 3.72. The molecule has 6 nitrogen and oxygen atoms in total. The summed E-state index contributed by atoms with van der Waals surface area (Å²) >= 11 is 0. The lowest BCUT2D eigenvalue weighted by atomic mass is 9.98. The van der Waals surface area contributed by atoms with Crippen LogP contribution in [0.4, 0.5) is 5.95 Å². The van der Waals surface area contributed by atoms with E-state index in [2.05, 4.69) is 27.3 Å². The van der Waals surface area contributed by atoms with Crippen LogP contribution in [0.3, 0.4) is 0 Å². The molecular weight excluding hydrogens is 326 g/mol. The Balaban J connectivity index is 1.39. The van der Waals surface area contributed by atoms with Crippen LogP contribution >= 0.6 is 0 Å². The minimum atomic E-state index is 0.146. The van der Waals surface area contributed by atoms with Crippen LogP contribution in [0.25, 0.3) is 11.3 Å². The number of anilines is 1. The zero-order valence-electron chi connectivity index (χ0n) is 15.0. The van der Waals surface area contributed by atoms with E-state index in [1.165, 1.54) is 0 Å². The molecule has 1 N–H and O–H groups in total. The van der Waals surface area contributed by atoms with Crippen LogP contribution in [0.2, 0.25) is 0 Å². The number of carbonyl (C=O) groups is 1. The van der Waals surface area contributed by atoms with Crippen molar-refractivity contribution in [2.75, 3.05) is 44.2 Å². The molecule has 0 spiro atoms. The van der Waals surface area contributed by atoms with Crippen LogP contribution in [-0.4, -0.2) is 60.0 Å². The number of amides is 1. The normalized spacial score (nSPS) is 20.8. The van der Waals surface area contributed by atoms with E-state index in [1.54, 1.807) is 0 Å². The molecule has 0 unspecified atom stereocenters. The van der Waals surface area contributed by atoms with Gasteiger partial charge in [0.1, 0.15) is 0 Å². The quantitative estimate of drug-likeness (QED) is 0.914. The fraction of sp³-hybridized carbons (Fsp3) is 0.450. The highest BCUT2D eigenvalue weighted by Gasteiger charge is 2.29. The van der Waals surface area contributed by atoms with Gasteiger partial charge < -0.3 is 15.1 Å². The van der Waals surface area contributed by atoms with Crippen molar-refractivity contribution in [3.63, 3.8) is 0 Å². The molecule has 2 aromatic rings. The number of carbonyl (C=O) groups excluding carboxylic acids is 1. The predicted octanol–water partition coefficient (Wildman–Crippen LogP) is 1.79. The molecule has 26 heavy (non-hydrogen) atoms. The summed E-state index contributed by atoms with van der Waals surface area (Å²) in [5.41, 5.74) is 2.03. The standard InChI is InChI=1S/C20H25N5O/c26-19(17-7-4-9-21-15-17)24-11-13-25(14-12-24)20-22-10-8-18(23-20)16-5-2-1-3-6-16/h1-3,5-6,8,10,17,21H,4,7,9,11-15H2/t17-/m0/s1.